The molecule has 1 fully saturated rings. The van der Waals surface area contributed by atoms with Crippen molar-refractivity contribution in [2.24, 2.45) is 0 Å². The Bertz CT molecular complexity index is 1600. The topological polar surface area (TPSA) is 97.6 Å². The van der Waals surface area contributed by atoms with Crippen LogP contribution in [0.3, 0.4) is 0 Å². The van der Waals surface area contributed by atoms with Gasteiger partial charge in [-0.25, -0.2) is 9.37 Å². The molecule has 0 unspecified atom stereocenters. The Morgan fingerprint density at radius 2 is 1.80 bits per heavy atom. The molecular formula is C30H32FN7O3. The lowest BCUT2D eigenvalue weighted by Gasteiger charge is -2.22. The van der Waals surface area contributed by atoms with Crippen LogP contribution in [-0.2, 0) is 17.9 Å². The van der Waals surface area contributed by atoms with E-state index in [1.165, 1.54) is 12.1 Å². The third kappa shape index (κ3) is 5.93. The van der Waals surface area contributed by atoms with E-state index in [0.717, 1.165) is 41.2 Å². The Balaban J connectivity index is 1.30. The summed E-state index contributed by atoms with van der Waals surface area (Å²) in [4.78, 5) is 31.2. The molecule has 4 aromatic rings. The van der Waals surface area contributed by atoms with E-state index in [1.54, 1.807) is 24.5 Å². The highest BCUT2D eigenvalue weighted by Gasteiger charge is 2.22. The highest BCUT2D eigenvalue weighted by atomic mass is 19.1. The molecule has 0 atom stereocenters. The van der Waals surface area contributed by atoms with Gasteiger partial charge in [-0.2, -0.15) is 9.97 Å². The van der Waals surface area contributed by atoms with Crippen LogP contribution in [0.1, 0.15) is 31.4 Å². The van der Waals surface area contributed by atoms with Gasteiger partial charge in [-0.05, 0) is 55.7 Å². The van der Waals surface area contributed by atoms with Crippen LogP contribution in [0.2, 0.25) is 0 Å². The number of nitrogens with one attached hydrogen (secondary N) is 1. The van der Waals surface area contributed by atoms with Gasteiger partial charge in [0.1, 0.15) is 5.82 Å². The van der Waals surface area contributed by atoms with E-state index in [9.17, 15) is 9.18 Å². The van der Waals surface area contributed by atoms with E-state index in [1.807, 2.05) is 41.5 Å². The van der Waals surface area contributed by atoms with Crippen molar-refractivity contribution < 1.29 is 18.7 Å². The summed E-state index contributed by atoms with van der Waals surface area (Å²) in [7, 11) is 0. The third-order valence-corrected chi connectivity index (χ3v) is 7.12. The van der Waals surface area contributed by atoms with Gasteiger partial charge in [-0.3, -0.25) is 4.79 Å². The molecule has 6 rings (SSSR count). The zero-order valence-electron chi connectivity index (χ0n) is 23.1. The first-order valence-electron chi connectivity index (χ1n) is 13.7. The Kier molecular flexibility index (Phi) is 7.41. The van der Waals surface area contributed by atoms with Gasteiger partial charge in [0, 0.05) is 38.8 Å². The normalized spacial score (nSPS) is 14.7. The molecular weight excluding hydrogens is 525 g/mol. The lowest BCUT2D eigenvalue weighted by molar-refractivity contribution is -0.125. The predicted octanol–water partition coefficient (Wildman–Crippen LogP) is 4.36. The summed E-state index contributed by atoms with van der Waals surface area (Å²) in [5.74, 6) is 2.40. The van der Waals surface area contributed by atoms with Crippen LogP contribution in [0.25, 0.3) is 11.2 Å². The van der Waals surface area contributed by atoms with Crippen LogP contribution < -0.4 is 19.7 Å². The zero-order chi connectivity index (χ0) is 28.3. The number of anilines is 2. The van der Waals surface area contributed by atoms with Gasteiger partial charge in [0.25, 0.3) is 0 Å². The van der Waals surface area contributed by atoms with Gasteiger partial charge in [-0.15, -0.1) is 0 Å². The van der Waals surface area contributed by atoms with Gasteiger partial charge in [0.05, 0.1) is 12.9 Å². The molecule has 2 aromatic carbocycles. The van der Waals surface area contributed by atoms with Crippen LogP contribution in [0, 0.1) is 5.82 Å². The molecule has 2 aliphatic rings. The summed E-state index contributed by atoms with van der Waals surface area (Å²) in [6.07, 6.45) is 4.23. The largest absolute Gasteiger partial charge is 0.454 e. The number of rotatable bonds is 7. The minimum absolute atomic E-state index is 0.0340. The fourth-order valence-corrected chi connectivity index (χ4v) is 5.01. The van der Waals surface area contributed by atoms with E-state index in [0.29, 0.717) is 55.7 Å². The molecule has 0 radical (unpaired) electrons. The molecule has 0 spiro atoms. The summed E-state index contributed by atoms with van der Waals surface area (Å²) >= 11 is 0. The number of nitrogens with zero attached hydrogens (tertiary/aromatic N) is 6. The van der Waals surface area contributed by atoms with Gasteiger partial charge in [-0.1, -0.05) is 23.8 Å². The number of halogens is 1. The van der Waals surface area contributed by atoms with Gasteiger partial charge in [0.2, 0.25) is 18.6 Å². The average Bonchev–Trinajstić information content (AvgIpc) is 3.51. The molecule has 2 aliphatic heterocycles. The van der Waals surface area contributed by atoms with Crippen molar-refractivity contribution >= 4 is 28.8 Å². The van der Waals surface area contributed by atoms with Crippen molar-refractivity contribution in [1.82, 2.24) is 24.4 Å². The molecule has 2 aromatic heterocycles. The van der Waals surface area contributed by atoms with E-state index < -0.39 is 0 Å². The van der Waals surface area contributed by atoms with E-state index in [2.05, 4.69) is 15.2 Å². The van der Waals surface area contributed by atoms with Crippen molar-refractivity contribution in [2.75, 3.05) is 43.2 Å². The Morgan fingerprint density at radius 1 is 1.00 bits per heavy atom. The van der Waals surface area contributed by atoms with Crippen molar-refractivity contribution in [3.8, 4) is 11.5 Å². The van der Waals surface area contributed by atoms with Gasteiger partial charge < -0.3 is 29.2 Å². The highest BCUT2D eigenvalue weighted by Crippen LogP contribution is 2.33. The fraction of sp³-hybridized carbons (Fsp3) is 0.333. The number of ether oxygens (including phenoxy) is 2. The van der Waals surface area contributed by atoms with Crippen LogP contribution >= 0.6 is 0 Å². The Hall–Kier alpha value is -4.67. The number of carbonyl (C=O) groups is 1. The molecule has 0 aliphatic carbocycles. The highest BCUT2D eigenvalue weighted by molar-refractivity contribution is 5.88. The average molecular weight is 558 g/mol. The van der Waals surface area contributed by atoms with E-state index in [-0.39, 0.29) is 18.5 Å². The quantitative estimate of drug-likeness (QED) is 0.335. The first kappa shape index (κ1) is 26.5. The van der Waals surface area contributed by atoms with Crippen LogP contribution in [0.4, 0.5) is 16.2 Å². The molecule has 11 heteroatoms. The minimum Gasteiger partial charge on any atom is -0.454 e. The van der Waals surface area contributed by atoms with Crippen molar-refractivity contribution in [3.05, 3.63) is 77.4 Å². The number of hydrogen-bond acceptors (Lipinski definition) is 8. The standard InChI is InChI=1S/C30H32FN7O3/c1-20(2)14-26(39)36-10-3-11-37(13-12-36)30-34-28(32-16-22-6-9-24-25(15-22)41-19-40-24)27-29(35-30)38(18-33-27)17-21-4-7-23(31)8-5-21/h4-9,14-15,18H,3,10-13,16-17,19H2,1-2H3,(H,32,34,35). The first-order valence-corrected chi connectivity index (χ1v) is 13.7. The third-order valence-electron chi connectivity index (χ3n) is 7.12. The smallest absolute Gasteiger partial charge is 0.246 e. The van der Waals surface area contributed by atoms with E-state index in [4.69, 9.17) is 19.4 Å². The van der Waals surface area contributed by atoms with Crippen molar-refractivity contribution in [3.63, 3.8) is 0 Å². The summed E-state index contributed by atoms with van der Waals surface area (Å²) in [5, 5.41) is 3.45. The number of aromatic nitrogens is 4. The number of benzene rings is 2. The zero-order valence-corrected chi connectivity index (χ0v) is 23.1. The van der Waals surface area contributed by atoms with Crippen LogP contribution in [0.15, 0.2) is 60.4 Å². The molecule has 1 amide bonds. The van der Waals surface area contributed by atoms with Crippen molar-refractivity contribution in [2.45, 2.75) is 33.4 Å². The number of carbonyl (C=O) groups excluding carboxylic acids is 1. The molecule has 4 heterocycles. The molecule has 0 saturated carbocycles. The number of fused-ring (bicyclic) bond motifs is 2. The van der Waals surface area contributed by atoms with Crippen LogP contribution in [0.5, 0.6) is 11.5 Å². The van der Waals surface area contributed by atoms with E-state index >= 15 is 0 Å². The van der Waals surface area contributed by atoms with Crippen molar-refractivity contribution in [1.29, 1.82) is 0 Å². The first-order chi connectivity index (χ1) is 19.9. The second-order valence-electron chi connectivity index (χ2n) is 10.5. The summed E-state index contributed by atoms with van der Waals surface area (Å²) in [6.45, 7) is 7.66. The van der Waals surface area contributed by atoms with Gasteiger partial charge >= 0.3 is 0 Å². The molecule has 1 N–H and O–H groups in total. The lowest BCUT2D eigenvalue weighted by Crippen LogP contribution is -2.34. The maximum atomic E-state index is 13.5. The number of imidazole rings is 1. The number of allylic oxidation sites excluding steroid dienone is 1. The Labute approximate surface area is 237 Å². The summed E-state index contributed by atoms with van der Waals surface area (Å²) < 4.78 is 26.4. The molecule has 41 heavy (non-hydrogen) atoms. The molecule has 0 bridgehead atoms. The minimum atomic E-state index is -0.276. The number of hydrogen-bond donors (Lipinski definition) is 1. The maximum absolute atomic E-state index is 13.5. The van der Waals surface area contributed by atoms with Crippen LogP contribution in [-0.4, -0.2) is 63.3 Å². The maximum Gasteiger partial charge on any atom is 0.246 e. The Morgan fingerprint density at radius 3 is 2.63 bits per heavy atom. The van der Waals surface area contributed by atoms with Gasteiger partial charge in [0.15, 0.2) is 28.5 Å². The SMILES string of the molecule is CC(C)=CC(=O)N1CCCN(c2nc(NCc3ccc4c(c3)OCO4)c3ncn(Cc4ccc(F)cc4)c3n2)CC1. The predicted molar refractivity (Wildman–Crippen MR) is 154 cm³/mol. The molecule has 1 saturated heterocycles. The second-order valence-corrected chi connectivity index (χ2v) is 10.5. The summed E-state index contributed by atoms with van der Waals surface area (Å²) in [6, 6.07) is 12.3. The number of amides is 1. The fourth-order valence-electron chi connectivity index (χ4n) is 5.01. The second kappa shape index (κ2) is 11.4. The lowest BCUT2D eigenvalue weighted by atomic mass is 10.2. The molecule has 212 valence electrons. The monoisotopic (exact) mass is 557 g/mol. The summed E-state index contributed by atoms with van der Waals surface area (Å²) in [5.41, 5.74) is 4.25. The molecule has 10 nitrogen and oxygen atoms in total.